The van der Waals surface area contributed by atoms with Crippen LogP contribution in [0.5, 0.6) is 0 Å². The van der Waals surface area contributed by atoms with Gasteiger partial charge in [-0.2, -0.15) is 0 Å². The van der Waals surface area contributed by atoms with Crippen LogP contribution >= 0.6 is 0 Å². The van der Waals surface area contributed by atoms with Gasteiger partial charge in [-0.25, -0.2) is 9.97 Å². The number of rotatable bonds is 3. The Morgan fingerprint density at radius 2 is 1.96 bits per heavy atom. The van der Waals surface area contributed by atoms with Gasteiger partial charge < -0.3 is 15.9 Å². The summed E-state index contributed by atoms with van der Waals surface area (Å²) in [5.41, 5.74) is 5.34. The van der Waals surface area contributed by atoms with Crippen molar-refractivity contribution in [2.45, 2.75) is 45.7 Å². The van der Waals surface area contributed by atoms with Crippen molar-refractivity contribution in [1.82, 2.24) is 14.4 Å². The van der Waals surface area contributed by atoms with Gasteiger partial charge in [0.05, 0.1) is 23.2 Å². The number of nitrogens with zero attached hydrogens (tertiary/aromatic N) is 3. The predicted molar refractivity (Wildman–Crippen MR) is 98.2 cm³/mol. The summed E-state index contributed by atoms with van der Waals surface area (Å²) < 4.78 is 25.4. The molecule has 132 valence electrons. The molecule has 0 aliphatic rings. The number of benzene rings is 1. The van der Waals surface area contributed by atoms with Crippen LogP contribution in [0.3, 0.4) is 0 Å². The zero-order chi connectivity index (χ0) is 21.1. The van der Waals surface area contributed by atoms with Crippen molar-refractivity contribution in [2.75, 3.05) is 5.73 Å². The SMILES string of the molecule is [2H]C([2H])([2H])c1ccc(C(C)(O)C(C)(C)O)cc1-c1cnc2c(N)nc(C)cn12. The number of imidazole rings is 1. The van der Waals surface area contributed by atoms with Crippen LogP contribution in [0.4, 0.5) is 5.82 Å². The molecule has 1 atom stereocenters. The average Bonchev–Trinajstić information content (AvgIpc) is 2.96. The van der Waals surface area contributed by atoms with E-state index in [0.717, 1.165) is 0 Å². The van der Waals surface area contributed by atoms with Gasteiger partial charge in [0.2, 0.25) is 0 Å². The molecule has 1 aromatic carbocycles. The minimum Gasteiger partial charge on any atom is -0.387 e. The van der Waals surface area contributed by atoms with Gasteiger partial charge in [0.15, 0.2) is 11.5 Å². The molecule has 6 heteroatoms. The fourth-order valence-electron chi connectivity index (χ4n) is 2.75. The molecule has 3 rings (SSSR count). The molecule has 2 aromatic heterocycles. The van der Waals surface area contributed by atoms with Crippen molar-refractivity contribution < 1.29 is 14.3 Å². The Balaban J connectivity index is 2.35. The van der Waals surface area contributed by atoms with Crippen molar-refractivity contribution in [2.24, 2.45) is 0 Å². The predicted octanol–water partition coefficient (Wildman–Crippen LogP) is 2.57. The van der Waals surface area contributed by atoms with Gasteiger partial charge in [-0.3, -0.25) is 4.40 Å². The number of aryl methyl sites for hydroxylation is 2. The zero-order valence-corrected chi connectivity index (χ0v) is 14.7. The first-order valence-electron chi connectivity index (χ1n) is 9.44. The van der Waals surface area contributed by atoms with Gasteiger partial charge in [0.25, 0.3) is 0 Å². The van der Waals surface area contributed by atoms with Crippen LogP contribution in [0.1, 0.15) is 41.7 Å². The highest BCUT2D eigenvalue weighted by Crippen LogP contribution is 2.36. The van der Waals surface area contributed by atoms with E-state index in [1.54, 1.807) is 23.6 Å². The maximum absolute atomic E-state index is 10.9. The normalized spacial score (nSPS) is 17.0. The van der Waals surface area contributed by atoms with Crippen LogP contribution in [-0.2, 0) is 5.60 Å². The van der Waals surface area contributed by atoms with E-state index in [2.05, 4.69) is 9.97 Å². The second-order valence-electron chi connectivity index (χ2n) is 7.00. The Kier molecular flexibility index (Phi) is 3.06. The lowest BCUT2D eigenvalue weighted by Gasteiger charge is -2.36. The third-order valence-electron chi connectivity index (χ3n) is 4.69. The Bertz CT molecular complexity index is 1050. The second kappa shape index (κ2) is 5.54. The highest BCUT2D eigenvalue weighted by atomic mass is 16.4. The molecule has 4 N–H and O–H groups in total. The highest BCUT2D eigenvalue weighted by Gasteiger charge is 2.39. The first kappa shape index (κ1) is 13.8. The van der Waals surface area contributed by atoms with Crippen LogP contribution in [0.2, 0.25) is 0 Å². The number of hydrogen-bond donors (Lipinski definition) is 3. The first-order chi connectivity index (χ1) is 12.7. The van der Waals surface area contributed by atoms with Crippen LogP contribution in [0, 0.1) is 13.8 Å². The van der Waals surface area contributed by atoms with E-state index in [4.69, 9.17) is 9.85 Å². The second-order valence-corrected chi connectivity index (χ2v) is 7.00. The average molecular weight is 343 g/mol. The smallest absolute Gasteiger partial charge is 0.180 e. The topological polar surface area (TPSA) is 96.7 Å². The molecule has 0 radical (unpaired) electrons. The molecule has 0 spiro atoms. The van der Waals surface area contributed by atoms with E-state index in [1.807, 2.05) is 0 Å². The van der Waals surface area contributed by atoms with E-state index in [-0.39, 0.29) is 11.4 Å². The lowest BCUT2D eigenvalue weighted by atomic mass is 9.80. The molecule has 0 aliphatic carbocycles. The lowest BCUT2D eigenvalue weighted by molar-refractivity contribution is -0.125. The minimum absolute atomic E-state index is 0.109. The minimum atomic E-state index is -2.38. The van der Waals surface area contributed by atoms with Crippen LogP contribution in [0.15, 0.2) is 30.6 Å². The molecule has 0 bridgehead atoms. The molecule has 0 saturated carbocycles. The van der Waals surface area contributed by atoms with Gasteiger partial charge in [-0.05, 0) is 51.7 Å². The van der Waals surface area contributed by atoms with Crippen molar-refractivity contribution in [3.8, 4) is 11.3 Å². The monoisotopic (exact) mass is 343 g/mol. The molecule has 6 nitrogen and oxygen atoms in total. The van der Waals surface area contributed by atoms with Crippen molar-refractivity contribution in [3.63, 3.8) is 0 Å². The van der Waals surface area contributed by atoms with Gasteiger partial charge in [0, 0.05) is 15.9 Å². The van der Waals surface area contributed by atoms with Crippen LogP contribution in [0.25, 0.3) is 16.9 Å². The Hall–Kier alpha value is -2.44. The maximum atomic E-state index is 10.9. The van der Waals surface area contributed by atoms with E-state index in [9.17, 15) is 10.2 Å². The Morgan fingerprint density at radius 1 is 1.24 bits per heavy atom. The number of nitrogen functional groups attached to an aromatic ring is 1. The standard InChI is InChI=1S/C19H24N4O2/c1-11-6-7-13(19(5,25)18(3,4)24)8-14(11)15-9-21-17-16(20)22-12(2)10-23(15)17/h6-10,24-25H,1-5H3,(H2,20,22)/i1D3. The van der Waals surface area contributed by atoms with E-state index >= 15 is 0 Å². The number of fused-ring (bicyclic) bond motifs is 1. The summed E-state index contributed by atoms with van der Waals surface area (Å²) in [5, 5.41) is 21.3. The molecule has 0 saturated heterocycles. The maximum Gasteiger partial charge on any atom is 0.180 e. The fourth-order valence-corrected chi connectivity index (χ4v) is 2.75. The number of hydrogen-bond acceptors (Lipinski definition) is 5. The summed E-state index contributed by atoms with van der Waals surface area (Å²) in [6.45, 7) is 3.87. The van der Waals surface area contributed by atoms with E-state index < -0.39 is 18.1 Å². The molecule has 3 aromatic rings. The van der Waals surface area contributed by atoms with Crippen LogP contribution in [-0.4, -0.2) is 30.2 Å². The largest absolute Gasteiger partial charge is 0.387 e. The number of aromatic nitrogens is 3. The molecule has 0 aliphatic heterocycles. The summed E-state index contributed by atoms with van der Waals surface area (Å²) in [7, 11) is 0. The van der Waals surface area contributed by atoms with Crippen molar-refractivity contribution in [3.05, 3.63) is 47.4 Å². The quantitative estimate of drug-likeness (QED) is 0.679. The summed E-state index contributed by atoms with van der Waals surface area (Å²) in [4.78, 5) is 8.46. The lowest BCUT2D eigenvalue weighted by Crippen LogP contribution is -2.44. The van der Waals surface area contributed by atoms with Crippen LogP contribution < -0.4 is 5.73 Å². The Labute approximate surface area is 151 Å². The summed E-state index contributed by atoms with van der Waals surface area (Å²) in [6, 6.07) is 4.55. The summed E-state index contributed by atoms with van der Waals surface area (Å²) in [6.07, 6.45) is 3.25. The van der Waals surface area contributed by atoms with Crippen molar-refractivity contribution >= 4 is 11.5 Å². The third kappa shape index (κ3) is 2.77. The molecular formula is C19H24N4O2. The Morgan fingerprint density at radius 3 is 2.60 bits per heavy atom. The number of anilines is 1. The number of nitrogens with two attached hydrogens (primary N) is 1. The van der Waals surface area contributed by atoms with E-state index in [1.165, 1.54) is 39.1 Å². The molecule has 1 unspecified atom stereocenters. The third-order valence-corrected chi connectivity index (χ3v) is 4.69. The first-order valence-corrected chi connectivity index (χ1v) is 7.94. The van der Waals surface area contributed by atoms with Gasteiger partial charge >= 0.3 is 0 Å². The highest BCUT2D eigenvalue weighted by molar-refractivity contribution is 5.72. The molecule has 0 amide bonds. The van der Waals surface area contributed by atoms with Gasteiger partial charge in [0.1, 0.15) is 5.60 Å². The summed E-state index contributed by atoms with van der Waals surface area (Å²) >= 11 is 0. The molecule has 2 heterocycles. The van der Waals surface area contributed by atoms with Crippen molar-refractivity contribution in [1.29, 1.82) is 0 Å². The summed E-state index contributed by atoms with van der Waals surface area (Å²) in [5.74, 6) is 0.237. The number of aliphatic hydroxyl groups is 2. The molecule has 0 fully saturated rings. The van der Waals surface area contributed by atoms with E-state index in [0.29, 0.717) is 28.2 Å². The molecule has 25 heavy (non-hydrogen) atoms. The van der Waals surface area contributed by atoms with Gasteiger partial charge in [-0.1, -0.05) is 12.1 Å². The van der Waals surface area contributed by atoms with Gasteiger partial charge in [-0.15, -0.1) is 0 Å². The fraction of sp³-hybridized carbons (Fsp3) is 0.368. The molecular weight excluding hydrogens is 316 g/mol. The zero-order valence-electron chi connectivity index (χ0n) is 17.7.